The lowest BCUT2D eigenvalue weighted by molar-refractivity contribution is -0.157. The number of carboxylic acid groups (broad SMARTS) is 1. The minimum Gasteiger partial charge on any atom is -0.487 e. The van der Waals surface area contributed by atoms with Crippen LogP contribution < -0.4 is 24.8 Å². The van der Waals surface area contributed by atoms with Crippen LogP contribution in [0.5, 0.6) is 17.2 Å². The molecule has 7 rings (SSSR count). The fourth-order valence-corrected chi connectivity index (χ4v) is 9.86. The normalized spacial score (nSPS) is 19.3. The van der Waals surface area contributed by atoms with E-state index < -0.39 is 71.6 Å². The van der Waals surface area contributed by atoms with Gasteiger partial charge in [0.25, 0.3) is 0 Å². The third-order valence-electron chi connectivity index (χ3n) is 10.7. The molecule has 4 aromatic rings. The standard InChI is InChI=1S/C43H51N5O13S2/c1-26(2)19-48(63(53,54)32-11-12-36-37(17-32)60-25-59-36)20-34(40(41(50)51)57-23-39(49)45-18-29-6-4-5-14-44-29)35(47-43(52)61-38-22-58-42-33(38)13-15-55-42)16-28-7-9-31(10-8-28)56-21-30-24-62-27(3)46-30/h4-12,14,17,24,26,33-35,38,40,42H,13,15-16,18-23,25H2,1-3H3,(H,45,49)(H,47,52)(H,50,51)/t33-,34?,35?,38-,40-,42+/m0/s1. The summed E-state index contributed by atoms with van der Waals surface area (Å²) in [5, 5.41) is 19.3. The van der Waals surface area contributed by atoms with Crippen molar-refractivity contribution in [2.24, 2.45) is 17.8 Å². The van der Waals surface area contributed by atoms with Crippen molar-refractivity contribution in [3.05, 3.63) is 94.2 Å². The average molecular weight is 910 g/mol. The number of aliphatic carboxylic acids is 1. The van der Waals surface area contributed by atoms with Crippen LogP contribution in [0.3, 0.4) is 0 Å². The van der Waals surface area contributed by atoms with E-state index in [2.05, 4.69) is 20.6 Å². The van der Waals surface area contributed by atoms with Crippen LogP contribution in [0.1, 0.15) is 42.2 Å². The second-order valence-electron chi connectivity index (χ2n) is 15.8. The number of ether oxygens (including phenoxy) is 7. The lowest BCUT2D eigenvalue weighted by atomic mass is 9.88. The zero-order chi connectivity index (χ0) is 44.5. The number of hydrogen-bond donors (Lipinski definition) is 3. The molecule has 0 spiro atoms. The quantitative estimate of drug-likeness (QED) is 0.106. The van der Waals surface area contributed by atoms with E-state index in [9.17, 15) is 27.9 Å². The predicted octanol–water partition coefficient (Wildman–Crippen LogP) is 4.30. The highest BCUT2D eigenvalue weighted by atomic mass is 32.2. The van der Waals surface area contributed by atoms with Crippen molar-refractivity contribution in [2.45, 2.75) is 76.2 Å². The van der Waals surface area contributed by atoms with Gasteiger partial charge in [0.05, 0.1) is 47.0 Å². The van der Waals surface area contributed by atoms with Gasteiger partial charge in [0.2, 0.25) is 22.7 Å². The summed E-state index contributed by atoms with van der Waals surface area (Å²) in [4.78, 5) is 49.0. The highest BCUT2D eigenvalue weighted by Crippen LogP contribution is 2.36. The van der Waals surface area contributed by atoms with Crippen LogP contribution in [0.25, 0.3) is 0 Å². The fourth-order valence-electron chi connectivity index (χ4n) is 7.61. The molecule has 18 nitrogen and oxygen atoms in total. The second kappa shape index (κ2) is 20.9. The third-order valence-corrected chi connectivity index (χ3v) is 13.3. The molecular weight excluding hydrogens is 859 g/mol. The van der Waals surface area contributed by atoms with Crippen LogP contribution >= 0.6 is 11.3 Å². The van der Waals surface area contributed by atoms with Crippen LogP contribution in [0, 0.1) is 24.7 Å². The van der Waals surface area contributed by atoms with E-state index in [1.807, 2.05) is 26.2 Å². The molecule has 2 fully saturated rings. The number of carbonyl (C=O) groups excluding carboxylic acids is 2. The van der Waals surface area contributed by atoms with Crippen molar-refractivity contribution in [3.63, 3.8) is 0 Å². The molecule has 2 saturated heterocycles. The van der Waals surface area contributed by atoms with E-state index in [1.54, 1.807) is 48.7 Å². The Morgan fingerprint density at radius 1 is 1.02 bits per heavy atom. The number of alkyl carbamates (subject to hydrolysis) is 1. The molecule has 2 aromatic carbocycles. The lowest BCUT2D eigenvalue weighted by Gasteiger charge is -2.36. The SMILES string of the molecule is Cc1nc(COc2ccc(CC(NC(=O)O[C@H]3CO[C@H]4OCC[C@H]43)C(CN(CC(C)C)S(=O)(=O)c3ccc4c(c3)OCO4)[C@H](OCC(=O)NCc3ccccn3)C(=O)O)cc2)cs1. The molecule has 2 aromatic heterocycles. The summed E-state index contributed by atoms with van der Waals surface area (Å²) >= 11 is 1.52. The van der Waals surface area contributed by atoms with E-state index in [1.165, 1.54) is 33.8 Å². The van der Waals surface area contributed by atoms with Gasteiger partial charge in [-0.25, -0.2) is 23.0 Å². The first-order valence-corrected chi connectivity index (χ1v) is 22.9. The number of aromatic nitrogens is 2. The Labute approximate surface area is 369 Å². The summed E-state index contributed by atoms with van der Waals surface area (Å²) in [6.07, 6.45) is -1.69. The number of nitrogens with zero attached hydrogens (tertiary/aromatic N) is 3. The summed E-state index contributed by atoms with van der Waals surface area (Å²) in [6.45, 7) is 5.11. The number of pyridine rings is 1. The number of hydrogen-bond acceptors (Lipinski definition) is 15. The van der Waals surface area contributed by atoms with Gasteiger partial charge in [0, 0.05) is 42.7 Å². The number of sulfonamides is 1. The van der Waals surface area contributed by atoms with Crippen LogP contribution in [-0.2, 0) is 58.1 Å². The number of aryl methyl sites for hydroxylation is 1. The van der Waals surface area contributed by atoms with Gasteiger partial charge in [0.15, 0.2) is 23.9 Å². The van der Waals surface area contributed by atoms with Gasteiger partial charge < -0.3 is 48.9 Å². The number of amides is 2. The van der Waals surface area contributed by atoms with Crippen LogP contribution in [0.15, 0.2) is 77.1 Å². The molecule has 0 aliphatic carbocycles. The second-order valence-corrected chi connectivity index (χ2v) is 18.8. The van der Waals surface area contributed by atoms with E-state index in [0.717, 1.165) is 10.7 Å². The number of fused-ring (bicyclic) bond motifs is 2. The molecule has 0 radical (unpaired) electrons. The summed E-state index contributed by atoms with van der Waals surface area (Å²) in [6, 6.07) is 15.3. The maximum atomic E-state index is 14.6. The summed E-state index contributed by atoms with van der Waals surface area (Å²) in [5.74, 6) is -2.73. The molecule has 2 unspecified atom stereocenters. The molecule has 0 saturated carbocycles. The number of carbonyl (C=O) groups is 3. The third kappa shape index (κ3) is 12.0. The molecule has 3 N–H and O–H groups in total. The largest absolute Gasteiger partial charge is 0.487 e. The van der Waals surface area contributed by atoms with Gasteiger partial charge in [-0.3, -0.25) is 9.78 Å². The number of rotatable bonds is 21. The van der Waals surface area contributed by atoms with Gasteiger partial charge in [0.1, 0.15) is 25.1 Å². The molecule has 0 bridgehead atoms. The van der Waals surface area contributed by atoms with Crippen molar-refractivity contribution in [2.75, 3.05) is 39.7 Å². The zero-order valence-corrected chi connectivity index (χ0v) is 36.7. The highest BCUT2D eigenvalue weighted by molar-refractivity contribution is 7.89. The van der Waals surface area contributed by atoms with E-state index in [0.29, 0.717) is 35.8 Å². The van der Waals surface area contributed by atoms with Crippen LogP contribution in [0.2, 0.25) is 0 Å². The number of carboxylic acids is 1. The number of nitrogens with one attached hydrogen (secondary N) is 2. The molecule has 20 heteroatoms. The van der Waals surface area contributed by atoms with Crippen LogP contribution in [0.4, 0.5) is 4.79 Å². The molecule has 3 aliphatic rings. The Balaban J connectivity index is 1.21. The van der Waals surface area contributed by atoms with Gasteiger partial charge in [-0.15, -0.1) is 11.3 Å². The predicted molar refractivity (Wildman–Crippen MR) is 225 cm³/mol. The van der Waals surface area contributed by atoms with Crippen molar-refractivity contribution in [1.29, 1.82) is 0 Å². The smallest absolute Gasteiger partial charge is 0.407 e. The van der Waals surface area contributed by atoms with Crippen molar-refractivity contribution < 1.29 is 61.1 Å². The minimum absolute atomic E-state index is 0.0136. The van der Waals surface area contributed by atoms with Crippen molar-refractivity contribution in [1.82, 2.24) is 24.9 Å². The molecule has 5 heterocycles. The highest BCUT2D eigenvalue weighted by Gasteiger charge is 2.45. The summed E-state index contributed by atoms with van der Waals surface area (Å²) < 4.78 is 70.5. The first-order chi connectivity index (χ1) is 30.3. The van der Waals surface area contributed by atoms with E-state index in [4.69, 9.17) is 33.2 Å². The minimum atomic E-state index is -4.37. The summed E-state index contributed by atoms with van der Waals surface area (Å²) in [7, 11) is -4.37. The Morgan fingerprint density at radius 2 is 1.83 bits per heavy atom. The Bertz CT molecular complexity index is 2300. The Morgan fingerprint density at radius 3 is 2.56 bits per heavy atom. The van der Waals surface area contributed by atoms with Gasteiger partial charge in [-0.1, -0.05) is 32.0 Å². The van der Waals surface area contributed by atoms with Crippen molar-refractivity contribution >= 4 is 39.3 Å². The van der Waals surface area contributed by atoms with Crippen molar-refractivity contribution in [3.8, 4) is 17.2 Å². The Kier molecular flexibility index (Phi) is 15.1. The molecule has 6 atom stereocenters. The van der Waals surface area contributed by atoms with Gasteiger partial charge >= 0.3 is 12.1 Å². The van der Waals surface area contributed by atoms with E-state index in [-0.39, 0.29) is 62.0 Å². The first-order valence-electron chi connectivity index (χ1n) is 20.6. The molecule has 63 heavy (non-hydrogen) atoms. The lowest BCUT2D eigenvalue weighted by Crippen LogP contribution is -2.55. The fraction of sp³-hybridized carbons (Fsp3) is 0.465. The van der Waals surface area contributed by atoms with Gasteiger partial charge in [-0.05, 0) is 67.6 Å². The molecule has 3 aliphatic heterocycles. The Hall–Kier alpha value is -5.38. The molecule has 2 amide bonds. The number of thiazole rings is 1. The topological polar surface area (TPSA) is 223 Å². The first kappa shape index (κ1) is 45.6. The number of benzene rings is 2. The van der Waals surface area contributed by atoms with Crippen LogP contribution in [-0.4, -0.2) is 110 Å². The molecular formula is C43H51N5O13S2. The monoisotopic (exact) mass is 909 g/mol. The van der Waals surface area contributed by atoms with Gasteiger partial charge in [-0.2, -0.15) is 4.31 Å². The zero-order valence-electron chi connectivity index (χ0n) is 35.0. The van der Waals surface area contributed by atoms with E-state index >= 15 is 0 Å². The maximum absolute atomic E-state index is 14.6. The summed E-state index contributed by atoms with van der Waals surface area (Å²) in [5.41, 5.74) is 1.99. The average Bonchev–Trinajstić information content (AvgIpc) is 4.09. The maximum Gasteiger partial charge on any atom is 0.407 e. The molecule has 338 valence electrons.